The number of aryl methyl sites for hydroxylation is 1. The molecule has 0 fully saturated rings. The number of carbonyl (C=O) groups is 1. The van der Waals surface area contributed by atoms with E-state index in [1.807, 2.05) is 45.0 Å². The summed E-state index contributed by atoms with van der Waals surface area (Å²) in [5.41, 5.74) is 5.08. The van der Waals surface area contributed by atoms with E-state index in [9.17, 15) is 4.79 Å². The van der Waals surface area contributed by atoms with Crippen LogP contribution >= 0.6 is 11.6 Å². The Morgan fingerprint density at radius 3 is 2.52 bits per heavy atom. The maximum absolute atomic E-state index is 11.7. The topological polar surface area (TPSA) is 52.8 Å². The summed E-state index contributed by atoms with van der Waals surface area (Å²) in [5, 5.41) is 0.467. The third-order valence-corrected chi connectivity index (χ3v) is 4.91. The Morgan fingerprint density at radius 1 is 1.14 bits per heavy atom. The van der Waals surface area contributed by atoms with Crippen LogP contribution in [0.15, 0.2) is 53.5 Å². The molecule has 0 radical (unpaired) electrons. The van der Waals surface area contributed by atoms with E-state index in [0.717, 1.165) is 28.4 Å². The molecule has 0 saturated carbocycles. The van der Waals surface area contributed by atoms with Crippen LogP contribution in [0.3, 0.4) is 0 Å². The maximum atomic E-state index is 11.7. The molecule has 29 heavy (non-hydrogen) atoms. The Morgan fingerprint density at radius 2 is 1.86 bits per heavy atom. The lowest BCUT2D eigenvalue weighted by atomic mass is 10.2. The Labute approximate surface area is 175 Å². The minimum atomic E-state index is -0.424. The zero-order chi connectivity index (χ0) is 21.0. The van der Waals surface area contributed by atoms with Gasteiger partial charge in [-0.25, -0.2) is 4.79 Å². The predicted molar refractivity (Wildman–Crippen MR) is 116 cm³/mol. The van der Waals surface area contributed by atoms with E-state index in [1.54, 1.807) is 24.4 Å². The fourth-order valence-corrected chi connectivity index (χ4v) is 3.34. The van der Waals surface area contributed by atoms with Gasteiger partial charge in [0.1, 0.15) is 5.75 Å². The van der Waals surface area contributed by atoms with Crippen molar-refractivity contribution in [1.29, 1.82) is 0 Å². The number of ether oxygens (including phenoxy) is 2. The number of rotatable bonds is 6. The summed E-state index contributed by atoms with van der Waals surface area (Å²) in [6.45, 7) is 6.69. The van der Waals surface area contributed by atoms with Crippen LogP contribution in [0.1, 0.15) is 34.2 Å². The number of aliphatic imine (C=N–C) groups is 1. The van der Waals surface area contributed by atoms with Crippen LogP contribution in [0.5, 0.6) is 5.75 Å². The molecule has 3 rings (SSSR count). The Bertz CT molecular complexity index is 1050. The number of hydrogen-bond acceptors (Lipinski definition) is 4. The largest absolute Gasteiger partial charge is 0.494 e. The summed E-state index contributed by atoms with van der Waals surface area (Å²) in [7, 11) is 1.34. The van der Waals surface area contributed by atoms with Crippen molar-refractivity contribution in [3.63, 3.8) is 0 Å². The van der Waals surface area contributed by atoms with Crippen molar-refractivity contribution in [2.75, 3.05) is 13.7 Å². The second kappa shape index (κ2) is 8.97. The Hall–Kier alpha value is -3.05. The van der Waals surface area contributed by atoms with Gasteiger partial charge in [-0.1, -0.05) is 11.6 Å². The molecule has 0 spiro atoms. The second-order valence-corrected chi connectivity index (χ2v) is 6.91. The maximum Gasteiger partial charge on any atom is 0.337 e. The van der Waals surface area contributed by atoms with E-state index in [0.29, 0.717) is 22.9 Å². The number of carbonyl (C=O) groups excluding carboxylic acids is 1. The first-order chi connectivity index (χ1) is 13.9. The number of benzene rings is 2. The fraction of sp³-hybridized carbons (Fsp3) is 0.217. The van der Waals surface area contributed by atoms with E-state index < -0.39 is 5.97 Å². The monoisotopic (exact) mass is 410 g/mol. The third kappa shape index (κ3) is 4.51. The van der Waals surface area contributed by atoms with E-state index in [2.05, 4.69) is 15.6 Å². The van der Waals surface area contributed by atoms with Gasteiger partial charge >= 0.3 is 5.97 Å². The van der Waals surface area contributed by atoms with Crippen LogP contribution in [0, 0.1) is 13.8 Å². The van der Waals surface area contributed by atoms with Gasteiger partial charge in [0.15, 0.2) is 0 Å². The van der Waals surface area contributed by atoms with E-state index >= 15 is 0 Å². The van der Waals surface area contributed by atoms with Crippen LogP contribution in [-0.2, 0) is 4.74 Å². The second-order valence-electron chi connectivity index (χ2n) is 6.50. The molecule has 0 aliphatic carbocycles. The van der Waals surface area contributed by atoms with Gasteiger partial charge < -0.3 is 14.0 Å². The number of halogens is 1. The first-order valence-corrected chi connectivity index (χ1v) is 9.66. The Kier molecular flexibility index (Phi) is 6.39. The van der Waals surface area contributed by atoms with Gasteiger partial charge in [-0.15, -0.1) is 0 Å². The first kappa shape index (κ1) is 20.7. The molecule has 2 aromatic carbocycles. The molecule has 0 saturated heterocycles. The Balaban J connectivity index is 1.92. The quantitative estimate of drug-likeness (QED) is 0.388. The van der Waals surface area contributed by atoms with Crippen LogP contribution < -0.4 is 4.74 Å². The molecule has 0 aliphatic heterocycles. The summed E-state index contributed by atoms with van der Waals surface area (Å²) >= 11 is 6.24. The number of nitrogens with zero attached hydrogens (tertiary/aromatic N) is 2. The molecular formula is C23H23ClN2O3. The van der Waals surface area contributed by atoms with Gasteiger partial charge in [-0.3, -0.25) is 4.99 Å². The molecule has 0 bridgehead atoms. The highest BCUT2D eigenvalue weighted by atomic mass is 35.5. The summed E-state index contributed by atoms with van der Waals surface area (Å²) in [6, 6.07) is 14.9. The molecule has 0 aliphatic rings. The number of methoxy groups -OCH3 is 1. The lowest BCUT2D eigenvalue weighted by Crippen LogP contribution is -2.00. The molecule has 0 atom stereocenters. The van der Waals surface area contributed by atoms with Gasteiger partial charge in [0.25, 0.3) is 0 Å². The third-order valence-electron chi connectivity index (χ3n) is 4.59. The molecule has 6 heteroatoms. The fourth-order valence-electron chi connectivity index (χ4n) is 3.17. The molecule has 0 N–H and O–H groups in total. The summed E-state index contributed by atoms with van der Waals surface area (Å²) in [4.78, 5) is 16.2. The first-order valence-electron chi connectivity index (χ1n) is 9.28. The molecular weight excluding hydrogens is 388 g/mol. The summed E-state index contributed by atoms with van der Waals surface area (Å²) < 4.78 is 12.4. The zero-order valence-corrected chi connectivity index (χ0v) is 17.7. The summed E-state index contributed by atoms with van der Waals surface area (Å²) in [6.07, 6.45) is 1.76. The number of hydrogen-bond donors (Lipinski definition) is 0. The molecule has 3 aromatic rings. The lowest BCUT2D eigenvalue weighted by Gasteiger charge is -2.11. The van der Waals surface area contributed by atoms with E-state index in [-0.39, 0.29) is 0 Å². The highest BCUT2D eigenvalue weighted by Gasteiger charge is 2.11. The van der Waals surface area contributed by atoms with Crippen molar-refractivity contribution in [2.45, 2.75) is 20.8 Å². The van der Waals surface area contributed by atoms with E-state index in [1.165, 1.54) is 7.11 Å². The number of aromatic nitrogens is 1. The van der Waals surface area contributed by atoms with Crippen molar-refractivity contribution in [3.05, 3.63) is 76.1 Å². The lowest BCUT2D eigenvalue weighted by molar-refractivity contribution is 0.0601. The minimum absolute atomic E-state index is 0.406. The van der Waals surface area contributed by atoms with Crippen LogP contribution in [0.2, 0.25) is 5.02 Å². The minimum Gasteiger partial charge on any atom is -0.494 e. The smallest absolute Gasteiger partial charge is 0.337 e. The van der Waals surface area contributed by atoms with Crippen molar-refractivity contribution in [2.24, 2.45) is 4.99 Å². The predicted octanol–water partition coefficient (Wildman–Crippen LogP) is 5.68. The molecule has 1 aromatic heterocycles. The van der Waals surface area contributed by atoms with Gasteiger partial charge in [0, 0.05) is 28.9 Å². The van der Waals surface area contributed by atoms with Gasteiger partial charge in [-0.05, 0) is 69.3 Å². The average molecular weight is 411 g/mol. The SMILES string of the molecule is CCOc1ccc(-n2c(C)cc(C=Nc3cc(C(=O)OC)ccc3Cl)c2C)cc1. The number of esters is 1. The van der Waals surface area contributed by atoms with Gasteiger partial charge in [-0.2, -0.15) is 0 Å². The van der Waals surface area contributed by atoms with Crippen LogP contribution in [0.25, 0.3) is 5.69 Å². The highest BCUT2D eigenvalue weighted by Crippen LogP contribution is 2.27. The normalized spacial score (nSPS) is 11.1. The van der Waals surface area contributed by atoms with Crippen molar-refractivity contribution in [3.8, 4) is 11.4 Å². The van der Waals surface area contributed by atoms with E-state index in [4.69, 9.17) is 21.1 Å². The van der Waals surface area contributed by atoms with Crippen molar-refractivity contribution >= 4 is 29.5 Å². The van der Waals surface area contributed by atoms with Crippen LogP contribution in [0.4, 0.5) is 5.69 Å². The molecule has 0 amide bonds. The van der Waals surface area contributed by atoms with Crippen molar-refractivity contribution < 1.29 is 14.3 Å². The van der Waals surface area contributed by atoms with Gasteiger partial charge in [0.2, 0.25) is 0 Å². The van der Waals surface area contributed by atoms with Crippen LogP contribution in [-0.4, -0.2) is 30.5 Å². The van der Waals surface area contributed by atoms with Crippen molar-refractivity contribution in [1.82, 2.24) is 4.57 Å². The molecule has 5 nitrogen and oxygen atoms in total. The standard InChI is InChI=1S/C23H23ClN2O3/c1-5-29-20-9-7-19(8-10-20)26-15(2)12-18(16(26)3)14-25-22-13-17(23(27)28-4)6-11-21(22)24/h6-14H,5H2,1-4H3. The average Bonchev–Trinajstić information content (AvgIpc) is 3.01. The molecule has 1 heterocycles. The molecule has 150 valence electrons. The van der Waals surface area contributed by atoms with Gasteiger partial charge in [0.05, 0.1) is 30.0 Å². The zero-order valence-electron chi connectivity index (χ0n) is 16.9. The highest BCUT2D eigenvalue weighted by molar-refractivity contribution is 6.33. The molecule has 0 unspecified atom stereocenters. The summed E-state index contributed by atoms with van der Waals surface area (Å²) in [5.74, 6) is 0.424.